The number of carbonyl (C=O) groups is 1. The lowest BCUT2D eigenvalue weighted by atomic mass is 10.3. The maximum atomic E-state index is 12.2. The van der Waals surface area contributed by atoms with Crippen LogP contribution < -0.4 is 5.32 Å². The van der Waals surface area contributed by atoms with Gasteiger partial charge >= 0.3 is 0 Å². The van der Waals surface area contributed by atoms with Gasteiger partial charge in [0.1, 0.15) is 5.82 Å². The zero-order chi connectivity index (χ0) is 15.9. The zero-order valence-corrected chi connectivity index (χ0v) is 13.9. The molecule has 0 unspecified atom stereocenters. The standard InChI is InChI=1S/C16H22N4OS/c1-4-19(10-13(2)3)12-16(21)18-15-7-8-17-20(15)11-14-6-5-9-22-14/h5-9H,2,4,10-12H2,1,3H3,(H,18,21). The fourth-order valence-corrected chi connectivity index (χ4v) is 2.85. The van der Waals surface area contributed by atoms with Crippen molar-refractivity contribution in [1.29, 1.82) is 0 Å². The van der Waals surface area contributed by atoms with Crippen molar-refractivity contribution in [2.45, 2.75) is 20.4 Å². The van der Waals surface area contributed by atoms with Crippen LogP contribution in [0.5, 0.6) is 0 Å². The maximum Gasteiger partial charge on any atom is 0.239 e. The molecule has 0 saturated heterocycles. The van der Waals surface area contributed by atoms with Crippen molar-refractivity contribution in [2.24, 2.45) is 0 Å². The molecular weight excluding hydrogens is 296 g/mol. The van der Waals surface area contributed by atoms with E-state index in [-0.39, 0.29) is 5.91 Å². The molecular formula is C16H22N4OS. The van der Waals surface area contributed by atoms with Crippen molar-refractivity contribution in [1.82, 2.24) is 14.7 Å². The van der Waals surface area contributed by atoms with Gasteiger partial charge in [-0.2, -0.15) is 5.10 Å². The van der Waals surface area contributed by atoms with Gasteiger partial charge in [0.15, 0.2) is 0 Å². The number of nitrogens with zero attached hydrogens (tertiary/aromatic N) is 3. The van der Waals surface area contributed by atoms with E-state index < -0.39 is 0 Å². The smallest absolute Gasteiger partial charge is 0.239 e. The van der Waals surface area contributed by atoms with E-state index in [1.807, 2.05) is 31.4 Å². The Balaban J connectivity index is 1.94. The van der Waals surface area contributed by atoms with E-state index in [4.69, 9.17) is 0 Å². The van der Waals surface area contributed by atoms with Gasteiger partial charge in [0.2, 0.25) is 5.91 Å². The van der Waals surface area contributed by atoms with Crippen molar-refractivity contribution in [3.8, 4) is 0 Å². The molecule has 0 atom stereocenters. The maximum absolute atomic E-state index is 12.2. The lowest BCUT2D eigenvalue weighted by molar-refractivity contribution is -0.117. The Kier molecular flexibility index (Phi) is 5.91. The molecule has 6 heteroatoms. The molecule has 0 aliphatic rings. The van der Waals surface area contributed by atoms with Crippen LogP contribution >= 0.6 is 11.3 Å². The third-order valence-corrected chi connectivity index (χ3v) is 4.04. The molecule has 0 fully saturated rings. The first-order valence-electron chi connectivity index (χ1n) is 7.29. The summed E-state index contributed by atoms with van der Waals surface area (Å²) in [5.41, 5.74) is 1.05. The summed E-state index contributed by atoms with van der Waals surface area (Å²) < 4.78 is 1.80. The molecule has 0 spiro atoms. The van der Waals surface area contributed by atoms with Gasteiger partial charge < -0.3 is 5.32 Å². The van der Waals surface area contributed by atoms with Crippen LogP contribution in [0.3, 0.4) is 0 Å². The highest BCUT2D eigenvalue weighted by Gasteiger charge is 2.12. The molecule has 2 heterocycles. The Morgan fingerprint density at radius 1 is 1.45 bits per heavy atom. The molecule has 0 aromatic carbocycles. The molecule has 2 rings (SSSR count). The lowest BCUT2D eigenvalue weighted by Gasteiger charge is -2.19. The van der Waals surface area contributed by atoms with Crippen LogP contribution in [0, 0.1) is 0 Å². The molecule has 2 aromatic heterocycles. The van der Waals surface area contributed by atoms with Crippen LogP contribution in [0.25, 0.3) is 0 Å². The van der Waals surface area contributed by atoms with Crippen LogP contribution in [0.15, 0.2) is 41.9 Å². The van der Waals surface area contributed by atoms with Crippen molar-refractivity contribution in [3.63, 3.8) is 0 Å². The molecule has 0 radical (unpaired) electrons. The quantitative estimate of drug-likeness (QED) is 0.762. The number of likely N-dealkylation sites (N-methyl/N-ethyl adjacent to an activating group) is 1. The number of aromatic nitrogens is 2. The monoisotopic (exact) mass is 318 g/mol. The second-order valence-corrected chi connectivity index (χ2v) is 6.29. The molecule has 1 amide bonds. The summed E-state index contributed by atoms with van der Waals surface area (Å²) in [7, 11) is 0. The summed E-state index contributed by atoms with van der Waals surface area (Å²) in [4.78, 5) is 15.5. The van der Waals surface area contributed by atoms with Crippen LogP contribution in [0.1, 0.15) is 18.7 Å². The third-order valence-electron chi connectivity index (χ3n) is 3.18. The molecule has 0 aliphatic carbocycles. The topological polar surface area (TPSA) is 50.2 Å². The van der Waals surface area contributed by atoms with E-state index in [2.05, 4.69) is 28.0 Å². The van der Waals surface area contributed by atoms with Crippen molar-refractivity contribution >= 4 is 23.1 Å². The predicted octanol–water partition coefficient (Wildman–Crippen LogP) is 2.83. The summed E-state index contributed by atoms with van der Waals surface area (Å²) >= 11 is 1.68. The number of carbonyl (C=O) groups excluding carboxylic acids is 1. The fourth-order valence-electron chi connectivity index (χ4n) is 2.16. The molecule has 22 heavy (non-hydrogen) atoms. The van der Waals surface area contributed by atoms with E-state index in [0.717, 1.165) is 24.5 Å². The first kappa shape index (κ1) is 16.5. The molecule has 0 aliphatic heterocycles. The molecule has 5 nitrogen and oxygen atoms in total. The average Bonchev–Trinajstić information content (AvgIpc) is 3.11. The average molecular weight is 318 g/mol. The predicted molar refractivity (Wildman–Crippen MR) is 91.2 cm³/mol. The Labute approximate surface area is 135 Å². The summed E-state index contributed by atoms with van der Waals surface area (Å²) in [6.07, 6.45) is 1.70. The normalized spacial score (nSPS) is 10.9. The summed E-state index contributed by atoms with van der Waals surface area (Å²) in [5.74, 6) is 0.695. The van der Waals surface area contributed by atoms with Gasteiger partial charge in [-0.05, 0) is 24.9 Å². The van der Waals surface area contributed by atoms with E-state index in [0.29, 0.717) is 13.1 Å². The Bertz CT molecular complexity index is 618. The highest BCUT2D eigenvalue weighted by molar-refractivity contribution is 7.09. The summed E-state index contributed by atoms with van der Waals surface area (Å²) in [6.45, 7) is 10.5. The largest absolute Gasteiger partial charge is 0.310 e. The van der Waals surface area contributed by atoms with E-state index >= 15 is 0 Å². The first-order valence-corrected chi connectivity index (χ1v) is 8.17. The molecule has 118 valence electrons. The minimum Gasteiger partial charge on any atom is -0.310 e. The third kappa shape index (κ3) is 4.82. The first-order chi connectivity index (χ1) is 10.6. The number of hydrogen-bond donors (Lipinski definition) is 1. The number of nitrogens with one attached hydrogen (secondary N) is 1. The second-order valence-electron chi connectivity index (χ2n) is 5.26. The highest BCUT2D eigenvalue weighted by atomic mass is 32.1. The Morgan fingerprint density at radius 2 is 2.27 bits per heavy atom. The summed E-state index contributed by atoms with van der Waals surface area (Å²) in [6, 6.07) is 5.89. The van der Waals surface area contributed by atoms with Crippen molar-refractivity contribution in [2.75, 3.05) is 25.0 Å². The van der Waals surface area contributed by atoms with Gasteiger partial charge in [0, 0.05) is 17.5 Å². The molecule has 2 aromatic rings. The molecule has 0 bridgehead atoms. The summed E-state index contributed by atoms with van der Waals surface area (Å²) in [5, 5.41) is 9.24. The van der Waals surface area contributed by atoms with E-state index in [1.165, 1.54) is 4.88 Å². The Hall–Kier alpha value is -1.92. The number of hydrogen-bond acceptors (Lipinski definition) is 4. The van der Waals surface area contributed by atoms with Gasteiger partial charge in [0.05, 0.1) is 19.3 Å². The number of rotatable bonds is 8. The van der Waals surface area contributed by atoms with Gasteiger partial charge in [-0.15, -0.1) is 11.3 Å². The van der Waals surface area contributed by atoms with Crippen molar-refractivity contribution in [3.05, 3.63) is 46.8 Å². The SMILES string of the molecule is C=C(C)CN(CC)CC(=O)Nc1ccnn1Cc1cccs1. The second kappa shape index (κ2) is 7.91. The highest BCUT2D eigenvalue weighted by Crippen LogP contribution is 2.14. The number of thiophene rings is 1. The number of amides is 1. The van der Waals surface area contributed by atoms with Crippen molar-refractivity contribution < 1.29 is 4.79 Å². The minimum absolute atomic E-state index is 0.0315. The van der Waals surface area contributed by atoms with E-state index in [9.17, 15) is 4.79 Å². The molecule has 0 saturated carbocycles. The van der Waals surface area contributed by atoms with Gasteiger partial charge in [-0.25, -0.2) is 4.68 Å². The lowest BCUT2D eigenvalue weighted by Crippen LogP contribution is -2.34. The minimum atomic E-state index is -0.0315. The molecule has 1 N–H and O–H groups in total. The van der Waals surface area contributed by atoms with Gasteiger partial charge in [-0.1, -0.05) is 25.1 Å². The van der Waals surface area contributed by atoms with E-state index in [1.54, 1.807) is 22.2 Å². The fraction of sp³-hybridized carbons (Fsp3) is 0.375. The van der Waals surface area contributed by atoms with Crippen LogP contribution in [0.2, 0.25) is 0 Å². The Morgan fingerprint density at radius 3 is 2.91 bits per heavy atom. The zero-order valence-electron chi connectivity index (χ0n) is 13.1. The number of anilines is 1. The van der Waals surface area contributed by atoms with Crippen LogP contribution in [0.4, 0.5) is 5.82 Å². The van der Waals surface area contributed by atoms with Crippen LogP contribution in [-0.2, 0) is 11.3 Å². The van der Waals surface area contributed by atoms with Gasteiger partial charge in [-0.3, -0.25) is 9.69 Å². The van der Waals surface area contributed by atoms with Crippen LogP contribution in [-0.4, -0.2) is 40.2 Å². The van der Waals surface area contributed by atoms with Gasteiger partial charge in [0.25, 0.3) is 0 Å².